The van der Waals surface area contributed by atoms with E-state index in [4.69, 9.17) is 0 Å². The molecule has 1 aromatic heterocycles. The van der Waals surface area contributed by atoms with E-state index >= 15 is 0 Å². The van der Waals surface area contributed by atoms with Gasteiger partial charge < -0.3 is 4.90 Å². The second-order valence-electron chi connectivity index (χ2n) is 3.86. The molecule has 0 unspecified atom stereocenters. The van der Waals surface area contributed by atoms with Crippen LogP contribution in [0.2, 0.25) is 0 Å². The molecule has 0 radical (unpaired) electrons. The van der Waals surface area contributed by atoms with Gasteiger partial charge in [-0.2, -0.15) is 0 Å². The van der Waals surface area contributed by atoms with Crippen LogP contribution in [0.5, 0.6) is 0 Å². The van der Waals surface area contributed by atoms with Crippen molar-refractivity contribution in [1.29, 1.82) is 0 Å². The predicted molar refractivity (Wildman–Crippen MR) is 59.5 cm³/mol. The normalized spacial score (nSPS) is 20.9. The zero-order valence-electron chi connectivity index (χ0n) is 8.65. The molecule has 0 aromatic carbocycles. The average Bonchev–Trinajstić information content (AvgIpc) is 2.58. The highest BCUT2D eigenvalue weighted by Gasteiger charge is 2.12. The van der Waals surface area contributed by atoms with Crippen molar-refractivity contribution in [2.75, 3.05) is 33.2 Å². The van der Waals surface area contributed by atoms with Crippen molar-refractivity contribution >= 4 is 11.3 Å². The first kappa shape index (κ1) is 10.1. The molecule has 0 amide bonds. The third-order valence-electron chi connectivity index (χ3n) is 2.65. The lowest BCUT2D eigenvalue weighted by molar-refractivity contribution is 0.269. The van der Waals surface area contributed by atoms with Crippen molar-refractivity contribution in [2.45, 2.75) is 13.0 Å². The molecule has 14 heavy (non-hydrogen) atoms. The maximum atomic E-state index is 4.32. The van der Waals surface area contributed by atoms with E-state index in [0.717, 1.165) is 6.54 Å². The van der Waals surface area contributed by atoms with Crippen molar-refractivity contribution in [3.05, 3.63) is 16.6 Å². The van der Waals surface area contributed by atoms with Crippen LogP contribution in [0.3, 0.4) is 0 Å². The summed E-state index contributed by atoms with van der Waals surface area (Å²) < 4.78 is 0. The Labute approximate surface area is 89.4 Å². The molecule has 1 aliphatic rings. The highest BCUT2D eigenvalue weighted by atomic mass is 32.1. The van der Waals surface area contributed by atoms with Crippen LogP contribution in [0.4, 0.5) is 0 Å². The summed E-state index contributed by atoms with van der Waals surface area (Å²) in [4.78, 5) is 9.23. The Hall–Kier alpha value is -0.450. The monoisotopic (exact) mass is 211 g/mol. The maximum Gasteiger partial charge on any atom is 0.107 e. The number of nitrogens with zero attached hydrogens (tertiary/aromatic N) is 3. The van der Waals surface area contributed by atoms with E-state index in [1.54, 1.807) is 11.3 Å². The van der Waals surface area contributed by atoms with E-state index in [-0.39, 0.29) is 0 Å². The summed E-state index contributed by atoms with van der Waals surface area (Å²) in [7, 11) is 2.20. The quantitative estimate of drug-likeness (QED) is 0.734. The number of aromatic nitrogens is 1. The molecule has 4 heteroatoms. The fraction of sp³-hybridized carbons (Fsp3) is 0.700. The number of rotatable bonds is 2. The van der Waals surface area contributed by atoms with Gasteiger partial charge in [-0.25, -0.2) is 4.98 Å². The molecule has 2 heterocycles. The van der Waals surface area contributed by atoms with Gasteiger partial charge in [0.25, 0.3) is 0 Å². The number of likely N-dealkylation sites (N-methyl/N-ethyl adjacent to an activating group) is 1. The first-order valence-electron chi connectivity index (χ1n) is 5.14. The molecular weight excluding hydrogens is 194 g/mol. The second kappa shape index (κ2) is 4.87. The van der Waals surface area contributed by atoms with Crippen molar-refractivity contribution in [3.63, 3.8) is 0 Å². The van der Waals surface area contributed by atoms with Crippen LogP contribution in [-0.2, 0) is 6.54 Å². The Bertz CT molecular complexity index is 260. The molecule has 3 nitrogen and oxygen atoms in total. The summed E-state index contributed by atoms with van der Waals surface area (Å²) in [6.45, 7) is 5.84. The highest BCUT2D eigenvalue weighted by molar-refractivity contribution is 7.09. The zero-order valence-corrected chi connectivity index (χ0v) is 9.46. The summed E-state index contributed by atoms with van der Waals surface area (Å²) in [5.74, 6) is 0. The summed E-state index contributed by atoms with van der Waals surface area (Å²) >= 11 is 1.76. The Balaban J connectivity index is 1.86. The van der Waals surface area contributed by atoms with Gasteiger partial charge in [0.1, 0.15) is 5.01 Å². The van der Waals surface area contributed by atoms with Crippen LogP contribution in [0.25, 0.3) is 0 Å². The third-order valence-corrected chi connectivity index (χ3v) is 3.42. The van der Waals surface area contributed by atoms with Crippen molar-refractivity contribution < 1.29 is 0 Å². The SMILES string of the molecule is CN1CCCN(Cc2nccs2)CC1. The van der Waals surface area contributed by atoms with Crippen LogP contribution in [0, 0.1) is 0 Å². The van der Waals surface area contributed by atoms with E-state index in [9.17, 15) is 0 Å². The molecule has 1 aliphatic heterocycles. The van der Waals surface area contributed by atoms with E-state index < -0.39 is 0 Å². The lowest BCUT2D eigenvalue weighted by Crippen LogP contribution is -2.28. The standard InChI is InChI=1S/C10H17N3S/c1-12-4-2-5-13(7-6-12)9-10-11-3-8-14-10/h3,8H,2,4-7,9H2,1H3. The van der Waals surface area contributed by atoms with Gasteiger partial charge in [-0.3, -0.25) is 4.90 Å². The number of thiazole rings is 1. The van der Waals surface area contributed by atoms with Crippen molar-refractivity contribution in [3.8, 4) is 0 Å². The van der Waals surface area contributed by atoms with Crippen LogP contribution >= 0.6 is 11.3 Å². The molecule has 1 aromatic rings. The molecule has 1 saturated heterocycles. The second-order valence-corrected chi connectivity index (χ2v) is 4.84. The minimum absolute atomic E-state index is 1.03. The van der Waals surface area contributed by atoms with E-state index in [2.05, 4.69) is 27.2 Å². The van der Waals surface area contributed by atoms with Gasteiger partial charge in [0.15, 0.2) is 0 Å². The molecule has 1 fully saturated rings. The molecule has 0 atom stereocenters. The van der Waals surface area contributed by atoms with Gasteiger partial charge in [-0.15, -0.1) is 11.3 Å². The van der Waals surface area contributed by atoms with Gasteiger partial charge in [0, 0.05) is 24.7 Å². The average molecular weight is 211 g/mol. The fourth-order valence-corrected chi connectivity index (χ4v) is 2.44. The summed E-state index contributed by atoms with van der Waals surface area (Å²) in [5, 5.41) is 3.30. The molecule has 78 valence electrons. The molecule has 0 saturated carbocycles. The van der Waals surface area contributed by atoms with Gasteiger partial charge in [-0.1, -0.05) is 0 Å². The van der Waals surface area contributed by atoms with E-state index in [1.165, 1.54) is 37.6 Å². The Morgan fingerprint density at radius 2 is 2.29 bits per heavy atom. The van der Waals surface area contributed by atoms with Crippen LogP contribution < -0.4 is 0 Å². The van der Waals surface area contributed by atoms with Crippen molar-refractivity contribution in [1.82, 2.24) is 14.8 Å². The maximum absolute atomic E-state index is 4.32. The van der Waals surface area contributed by atoms with Gasteiger partial charge >= 0.3 is 0 Å². The van der Waals surface area contributed by atoms with E-state index in [0.29, 0.717) is 0 Å². The summed E-state index contributed by atoms with van der Waals surface area (Å²) in [5.41, 5.74) is 0. The predicted octanol–water partition coefficient (Wildman–Crippen LogP) is 1.28. The Morgan fingerprint density at radius 3 is 3.07 bits per heavy atom. The third kappa shape index (κ3) is 2.77. The summed E-state index contributed by atoms with van der Waals surface area (Å²) in [6, 6.07) is 0. The van der Waals surface area contributed by atoms with Crippen LogP contribution in [0.15, 0.2) is 11.6 Å². The molecule has 0 aliphatic carbocycles. The molecule has 2 rings (SSSR count). The molecular formula is C10H17N3S. The van der Waals surface area contributed by atoms with Gasteiger partial charge in [0.05, 0.1) is 6.54 Å². The molecule has 0 spiro atoms. The summed E-state index contributed by atoms with van der Waals surface area (Å²) in [6.07, 6.45) is 3.17. The molecule has 0 bridgehead atoms. The highest BCUT2D eigenvalue weighted by Crippen LogP contribution is 2.10. The van der Waals surface area contributed by atoms with Gasteiger partial charge in [0.2, 0.25) is 0 Å². The zero-order chi connectivity index (χ0) is 9.80. The number of hydrogen-bond donors (Lipinski definition) is 0. The molecule has 0 N–H and O–H groups in total. The van der Waals surface area contributed by atoms with E-state index in [1.807, 2.05) is 6.20 Å². The first-order valence-corrected chi connectivity index (χ1v) is 6.02. The Kier molecular flexibility index (Phi) is 3.50. The lowest BCUT2D eigenvalue weighted by atomic mass is 10.4. The Morgan fingerprint density at radius 1 is 1.36 bits per heavy atom. The van der Waals surface area contributed by atoms with Crippen molar-refractivity contribution in [2.24, 2.45) is 0 Å². The van der Waals surface area contributed by atoms with Crippen LogP contribution in [0.1, 0.15) is 11.4 Å². The van der Waals surface area contributed by atoms with Crippen LogP contribution in [-0.4, -0.2) is 48.0 Å². The first-order chi connectivity index (χ1) is 6.84. The fourth-order valence-electron chi connectivity index (χ4n) is 1.78. The van der Waals surface area contributed by atoms with Gasteiger partial charge in [-0.05, 0) is 26.6 Å². The lowest BCUT2D eigenvalue weighted by Gasteiger charge is -2.18. The minimum atomic E-state index is 1.03. The number of hydrogen-bond acceptors (Lipinski definition) is 4. The topological polar surface area (TPSA) is 19.4 Å². The largest absolute Gasteiger partial charge is 0.305 e. The minimum Gasteiger partial charge on any atom is -0.305 e. The smallest absolute Gasteiger partial charge is 0.107 e.